The number of carboxylic acid groups (broad SMARTS) is 1. The van der Waals surface area contributed by atoms with Crippen LogP contribution in [-0.2, 0) is 16.4 Å². The Morgan fingerprint density at radius 2 is 2.19 bits per heavy atom. The Balaban J connectivity index is 2.15. The third-order valence-corrected chi connectivity index (χ3v) is 4.38. The minimum Gasteiger partial charge on any atom is -0.478 e. The average molecular weight is 311 g/mol. The van der Waals surface area contributed by atoms with Gasteiger partial charge in [0, 0.05) is 13.0 Å². The third kappa shape index (κ3) is 3.64. The number of aromatic carboxylic acids is 1. The summed E-state index contributed by atoms with van der Waals surface area (Å²) in [6, 6.07) is 3.95. The zero-order valence-corrected chi connectivity index (χ0v) is 11.9. The smallest absolute Gasteiger partial charge is 0.335 e. The molecule has 0 fully saturated rings. The van der Waals surface area contributed by atoms with Crippen LogP contribution in [0.5, 0.6) is 0 Å². The lowest BCUT2D eigenvalue weighted by atomic mass is 10.1. The van der Waals surface area contributed by atoms with Crippen LogP contribution in [0.2, 0.25) is 0 Å². The van der Waals surface area contributed by atoms with Crippen LogP contribution in [0.1, 0.15) is 21.7 Å². The minimum absolute atomic E-state index is 0.0597. The van der Waals surface area contributed by atoms with Gasteiger partial charge in [-0.15, -0.1) is 0 Å². The van der Waals surface area contributed by atoms with Gasteiger partial charge in [0.05, 0.1) is 10.5 Å². The van der Waals surface area contributed by atoms with E-state index in [9.17, 15) is 13.2 Å². The number of hydrogen-bond donors (Lipinski definition) is 2. The van der Waals surface area contributed by atoms with Crippen LogP contribution in [0, 0.1) is 6.92 Å². The lowest BCUT2D eigenvalue weighted by molar-refractivity contribution is 0.0696. The summed E-state index contributed by atoms with van der Waals surface area (Å²) in [7, 11) is -3.80. The van der Waals surface area contributed by atoms with Crippen molar-refractivity contribution in [3.8, 4) is 0 Å². The van der Waals surface area contributed by atoms with Gasteiger partial charge in [0.1, 0.15) is 0 Å². The molecule has 0 bridgehead atoms. The average Bonchev–Trinajstić information content (AvgIpc) is 2.91. The van der Waals surface area contributed by atoms with Gasteiger partial charge in [-0.2, -0.15) is 4.98 Å². The molecular formula is C12H13N3O5S. The maximum absolute atomic E-state index is 12.2. The lowest BCUT2D eigenvalue weighted by Gasteiger charge is -2.09. The van der Waals surface area contributed by atoms with Gasteiger partial charge in [0.25, 0.3) is 0 Å². The van der Waals surface area contributed by atoms with Crippen molar-refractivity contribution in [2.75, 3.05) is 6.54 Å². The maximum Gasteiger partial charge on any atom is 0.335 e. The maximum atomic E-state index is 12.2. The topological polar surface area (TPSA) is 122 Å². The van der Waals surface area contributed by atoms with E-state index in [-0.39, 0.29) is 23.4 Å². The first-order valence-corrected chi connectivity index (χ1v) is 7.47. The normalized spacial score (nSPS) is 11.5. The van der Waals surface area contributed by atoms with Gasteiger partial charge in [-0.3, -0.25) is 0 Å². The summed E-state index contributed by atoms with van der Waals surface area (Å²) in [5.41, 5.74) is 0.381. The molecule has 1 heterocycles. The monoisotopic (exact) mass is 311 g/mol. The molecule has 9 heteroatoms. The molecule has 2 N–H and O–H groups in total. The highest BCUT2D eigenvalue weighted by Crippen LogP contribution is 2.17. The Morgan fingerprint density at radius 3 is 2.81 bits per heavy atom. The van der Waals surface area contributed by atoms with Crippen LogP contribution in [0.15, 0.2) is 34.0 Å². The van der Waals surface area contributed by atoms with E-state index in [0.717, 1.165) is 12.5 Å². The van der Waals surface area contributed by atoms with E-state index in [0.29, 0.717) is 11.4 Å². The van der Waals surface area contributed by atoms with Gasteiger partial charge in [-0.25, -0.2) is 17.9 Å². The molecule has 0 unspecified atom stereocenters. The number of benzene rings is 1. The minimum atomic E-state index is -3.80. The zero-order chi connectivity index (χ0) is 15.5. The van der Waals surface area contributed by atoms with E-state index >= 15 is 0 Å². The van der Waals surface area contributed by atoms with E-state index in [2.05, 4.69) is 19.4 Å². The molecule has 2 aromatic rings. The predicted octanol–water partition coefficient (Wildman–Crippen LogP) is 0.597. The zero-order valence-electron chi connectivity index (χ0n) is 11.1. The molecule has 8 nitrogen and oxygen atoms in total. The molecule has 0 amide bonds. The summed E-state index contributed by atoms with van der Waals surface area (Å²) in [4.78, 5) is 14.6. The summed E-state index contributed by atoms with van der Waals surface area (Å²) in [6.45, 7) is 1.68. The van der Waals surface area contributed by atoms with E-state index in [1.165, 1.54) is 12.1 Å². The van der Waals surface area contributed by atoms with Crippen LogP contribution >= 0.6 is 0 Å². The number of carboxylic acids is 1. The molecule has 0 saturated heterocycles. The van der Waals surface area contributed by atoms with Crippen molar-refractivity contribution in [2.45, 2.75) is 18.2 Å². The number of nitrogens with one attached hydrogen (secondary N) is 1. The second-order valence-electron chi connectivity index (χ2n) is 4.28. The molecule has 1 aromatic heterocycles. The number of aromatic nitrogens is 2. The number of rotatable bonds is 6. The molecule has 112 valence electrons. The van der Waals surface area contributed by atoms with Gasteiger partial charge in [-0.1, -0.05) is 11.2 Å². The van der Waals surface area contributed by atoms with Crippen LogP contribution in [0.3, 0.4) is 0 Å². The fraction of sp³-hybridized carbons (Fsp3) is 0.250. The van der Waals surface area contributed by atoms with Crippen molar-refractivity contribution in [3.63, 3.8) is 0 Å². The SMILES string of the molecule is Cc1ccc(C(=O)O)cc1S(=O)(=O)NCCc1ncon1. The van der Waals surface area contributed by atoms with Gasteiger partial charge < -0.3 is 9.63 Å². The first kappa shape index (κ1) is 15.1. The van der Waals surface area contributed by atoms with E-state index in [4.69, 9.17) is 5.11 Å². The molecule has 0 spiro atoms. The van der Waals surface area contributed by atoms with Gasteiger partial charge in [0.15, 0.2) is 5.82 Å². The Bertz CT molecular complexity index is 740. The number of sulfonamides is 1. The van der Waals surface area contributed by atoms with Gasteiger partial charge in [0.2, 0.25) is 16.4 Å². The highest BCUT2D eigenvalue weighted by Gasteiger charge is 2.18. The first-order valence-electron chi connectivity index (χ1n) is 5.99. The molecule has 2 rings (SSSR count). The van der Waals surface area contributed by atoms with E-state index in [1.54, 1.807) is 6.92 Å². The summed E-state index contributed by atoms with van der Waals surface area (Å²) < 4.78 is 31.3. The van der Waals surface area contributed by atoms with E-state index in [1.807, 2.05) is 0 Å². The molecule has 0 aliphatic carbocycles. The first-order chi connectivity index (χ1) is 9.90. The van der Waals surface area contributed by atoms with Crippen LogP contribution in [0.25, 0.3) is 0 Å². The molecule has 0 aliphatic rings. The Labute approximate surface area is 120 Å². The fourth-order valence-electron chi connectivity index (χ4n) is 1.70. The highest BCUT2D eigenvalue weighted by atomic mass is 32.2. The molecule has 0 radical (unpaired) electrons. The van der Waals surface area contributed by atoms with Crippen LogP contribution in [0.4, 0.5) is 0 Å². The summed E-state index contributed by atoms with van der Waals surface area (Å²) in [5.74, 6) is -0.799. The Morgan fingerprint density at radius 1 is 1.43 bits per heavy atom. The molecule has 0 saturated carbocycles. The van der Waals surface area contributed by atoms with Crippen molar-refractivity contribution in [1.29, 1.82) is 0 Å². The van der Waals surface area contributed by atoms with Crippen molar-refractivity contribution in [2.24, 2.45) is 0 Å². The van der Waals surface area contributed by atoms with Crippen LogP contribution in [-0.4, -0.2) is 36.2 Å². The second kappa shape index (κ2) is 6.02. The van der Waals surface area contributed by atoms with Crippen molar-refractivity contribution in [3.05, 3.63) is 41.5 Å². The molecule has 21 heavy (non-hydrogen) atoms. The summed E-state index contributed by atoms with van der Waals surface area (Å²) in [5, 5.41) is 12.5. The number of carbonyl (C=O) groups is 1. The summed E-state index contributed by atoms with van der Waals surface area (Å²) in [6.07, 6.45) is 1.43. The summed E-state index contributed by atoms with van der Waals surface area (Å²) >= 11 is 0. The van der Waals surface area contributed by atoms with Gasteiger partial charge >= 0.3 is 5.97 Å². The molecule has 1 aromatic carbocycles. The fourth-order valence-corrected chi connectivity index (χ4v) is 3.00. The molecule has 0 aliphatic heterocycles. The number of nitrogens with zero attached hydrogens (tertiary/aromatic N) is 2. The quantitative estimate of drug-likeness (QED) is 0.800. The second-order valence-corrected chi connectivity index (χ2v) is 6.02. The van der Waals surface area contributed by atoms with Gasteiger partial charge in [-0.05, 0) is 24.6 Å². The van der Waals surface area contributed by atoms with Crippen LogP contribution < -0.4 is 4.72 Å². The lowest BCUT2D eigenvalue weighted by Crippen LogP contribution is -2.27. The van der Waals surface area contributed by atoms with Crippen molar-refractivity contribution in [1.82, 2.24) is 14.9 Å². The largest absolute Gasteiger partial charge is 0.478 e. The predicted molar refractivity (Wildman–Crippen MR) is 71.3 cm³/mol. The third-order valence-electron chi connectivity index (χ3n) is 2.77. The molecule has 0 atom stereocenters. The number of hydrogen-bond acceptors (Lipinski definition) is 6. The Hall–Kier alpha value is -2.26. The standard InChI is InChI=1S/C12H13N3O5S/c1-8-2-3-9(12(16)17)6-10(8)21(18,19)14-5-4-11-13-7-20-15-11/h2-3,6-7,14H,4-5H2,1H3,(H,16,17). The van der Waals surface area contributed by atoms with Crippen molar-refractivity contribution >= 4 is 16.0 Å². The molecular weight excluding hydrogens is 298 g/mol. The number of aryl methyl sites for hydroxylation is 1. The highest BCUT2D eigenvalue weighted by molar-refractivity contribution is 7.89. The van der Waals surface area contributed by atoms with E-state index < -0.39 is 16.0 Å². The Kier molecular flexibility index (Phi) is 4.34. The van der Waals surface area contributed by atoms with Crippen molar-refractivity contribution < 1.29 is 22.8 Å².